The lowest BCUT2D eigenvalue weighted by Gasteiger charge is -2.37. The third-order valence-electron chi connectivity index (χ3n) is 7.55. The van der Waals surface area contributed by atoms with E-state index in [4.69, 9.17) is 4.74 Å². The highest BCUT2D eigenvalue weighted by molar-refractivity contribution is 5.88. The largest absolute Gasteiger partial charge is 0.459 e. The van der Waals surface area contributed by atoms with E-state index in [9.17, 15) is 4.79 Å². The molecule has 2 fully saturated rings. The van der Waals surface area contributed by atoms with Crippen LogP contribution in [0.1, 0.15) is 111 Å². The summed E-state index contributed by atoms with van der Waals surface area (Å²) in [6, 6.07) is 0. The third kappa shape index (κ3) is 8.73. The van der Waals surface area contributed by atoms with Gasteiger partial charge >= 0.3 is 5.97 Å². The molecule has 0 unspecified atom stereocenters. The molecule has 2 aliphatic rings. The van der Waals surface area contributed by atoms with Gasteiger partial charge in [-0.15, -0.1) is 0 Å². The first-order valence-corrected chi connectivity index (χ1v) is 13.2. The van der Waals surface area contributed by atoms with Crippen LogP contribution in [0.15, 0.2) is 12.2 Å². The Bertz CT molecular complexity index is 481. The molecule has 0 N–H and O–H groups in total. The second kappa shape index (κ2) is 14.3. The molecule has 0 aromatic carbocycles. The molecule has 0 aliphatic heterocycles. The number of carbonyl (C=O) groups excluding carboxylic acids is 1. The Labute approximate surface area is 187 Å². The zero-order valence-electron chi connectivity index (χ0n) is 20.3. The number of nitrogens with zero attached hydrogens (tertiary/aromatic N) is 1. The summed E-state index contributed by atoms with van der Waals surface area (Å²) >= 11 is 0. The number of carbonyl (C=O) groups is 1. The van der Waals surface area contributed by atoms with Crippen molar-refractivity contribution in [2.45, 2.75) is 117 Å². The summed E-state index contributed by atoms with van der Waals surface area (Å²) < 4.78 is 5.85. The Morgan fingerprint density at radius 3 is 1.93 bits per heavy atom. The summed E-state index contributed by atoms with van der Waals surface area (Å²) in [7, 11) is 0. The minimum absolute atomic E-state index is 0.113. The van der Waals surface area contributed by atoms with Gasteiger partial charge in [0.25, 0.3) is 0 Å². The van der Waals surface area contributed by atoms with Crippen molar-refractivity contribution in [3.63, 3.8) is 0 Å². The van der Waals surface area contributed by atoms with Crippen molar-refractivity contribution in [2.24, 2.45) is 17.8 Å². The summed E-state index contributed by atoms with van der Waals surface area (Å²) in [5.41, 5.74) is 0.625. The molecule has 30 heavy (non-hydrogen) atoms. The van der Waals surface area contributed by atoms with E-state index >= 15 is 0 Å². The van der Waals surface area contributed by atoms with Crippen molar-refractivity contribution in [1.29, 1.82) is 0 Å². The van der Waals surface area contributed by atoms with E-state index in [-0.39, 0.29) is 12.1 Å². The Morgan fingerprint density at radius 1 is 0.833 bits per heavy atom. The molecular formula is C27H49NO2. The Hall–Kier alpha value is -0.830. The number of hydrogen-bond acceptors (Lipinski definition) is 3. The van der Waals surface area contributed by atoms with Gasteiger partial charge in [0.15, 0.2) is 0 Å². The van der Waals surface area contributed by atoms with E-state index in [0.29, 0.717) is 12.1 Å². The fourth-order valence-corrected chi connectivity index (χ4v) is 5.78. The Morgan fingerprint density at radius 2 is 1.40 bits per heavy atom. The van der Waals surface area contributed by atoms with Crippen LogP contribution < -0.4 is 0 Å². The van der Waals surface area contributed by atoms with Gasteiger partial charge in [0.1, 0.15) is 6.10 Å². The van der Waals surface area contributed by atoms with Gasteiger partial charge in [0, 0.05) is 12.1 Å². The molecule has 0 bridgehead atoms. The zero-order valence-corrected chi connectivity index (χ0v) is 20.3. The first-order valence-electron chi connectivity index (χ1n) is 13.2. The number of ether oxygens (including phenoxy) is 1. The molecule has 2 saturated carbocycles. The lowest BCUT2D eigenvalue weighted by molar-refractivity contribution is -0.146. The van der Waals surface area contributed by atoms with Gasteiger partial charge in [-0.2, -0.15) is 0 Å². The van der Waals surface area contributed by atoms with Crippen molar-refractivity contribution < 1.29 is 9.53 Å². The Balaban J connectivity index is 1.65. The topological polar surface area (TPSA) is 29.5 Å². The summed E-state index contributed by atoms with van der Waals surface area (Å²) in [5.74, 6) is 2.62. The molecule has 174 valence electrons. The lowest BCUT2D eigenvalue weighted by atomic mass is 9.70. The first kappa shape index (κ1) is 25.4. The molecular weight excluding hydrogens is 370 g/mol. The fourth-order valence-electron chi connectivity index (χ4n) is 5.78. The number of unbranched alkanes of at least 4 members (excludes halogenated alkanes) is 2. The average Bonchev–Trinajstić information content (AvgIpc) is 2.75. The van der Waals surface area contributed by atoms with E-state index in [1.54, 1.807) is 0 Å². The molecule has 0 amide bonds. The molecule has 3 nitrogen and oxygen atoms in total. The van der Waals surface area contributed by atoms with Gasteiger partial charge in [-0.05, 0) is 82.2 Å². The molecule has 0 aromatic heterocycles. The van der Waals surface area contributed by atoms with Crippen LogP contribution in [-0.4, -0.2) is 36.6 Å². The third-order valence-corrected chi connectivity index (χ3v) is 7.55. The summed E-state index contributed by atoms with van der Waals surface area (Å²) in [4.78, 5) is 14.9. The summed E-state index contributed by atoms with van der Waals surface area (Å²) in [6.07, 6.45) is 18.3. The van der Waals surface area contributed by atoms with Gasteiger partial charge in [-0.1, -0.05) is 65.9 Å². The number of rotatable bonds is 13. The van der Waals surface area contributed by atoms with Crippen LogP contribution in [0, 0.1) is 17.8 Å². The predicted octanol–water partition coefficient (Wildman–Crippen LogP) is 7.15. The second-order valence-corrected chi connectivity index (χ2v) is 10.1. The van der Waals surface area contributed by atoms with E-state index < -0.39 is 0 Å². The average molecular weight is 420 g/mol. The van der Waals surface area contributed by atoms with Crippen LogP contribution >= 0.6 is 0 Å². The predicted molar refractivity (Wildman–Crippen MR) is 128 cm³/mol. The van der Waals surface area contributed by atoms with E-state index in [1.165, 1.54) is 64.2 Å². The summed E-state index contributed by atoms with van der Waals surface area (Å²) in [5, 5.41) is 0. The quantitative estimate of drug-likeness (QED) is 0.180. The van der Waals surface area contributed by atoms with Crippen LogP contribution in [0.4, 0.5) is 0 Å². The lowest BCUT2D eigenvalue weighted by Crippen LogP contribution is -2.33. The van der Waals surface area contributed by atoms with Crippen LogP contribution in [0.5, 0.6) is 0 Å². The van der Waals surface area contributed by atoms with Gasteiger partial charge in [0.2, 0.25) is 0 Å². The van der Waals surface area contributed by atoms with Crippen molar-refractivity contribution in [2.75, 3.05) is 19.6 Å². The van der Waals surface area contributed by atoms with Crippen LogP contribution in [0.25, 0.3) is 0 Å². The highest BCUT2D eigenvalue weighted by Gasteiger charge is 2.32. The van der Waals surface area contributed by atoms with Crippen molar-refractivity contribution in [3.05, 3.63) is 12.2 Å². The minimum Gasteiger partial charge on any atom is -0.459 e. The van der Waals surface area contributed by atoms with Crippen molar-refractivity contribution >= 4 is 5.97 Å². The maximum Gasteiger partial charge on any atom is 0.334 e. The maximum atomic E-state index is 12.5. The zero-order chi connectivity index (χ0) is 21.8. The maximum absolute atomic E-state index is 12.5. The van der Waals surface area contributed by atoms with Gasteiger partial charge in [-0.25, -0.2) is 4.79 Å². The van der Waals surface area contributed by atoms with Crippen LogP contribution in [0.3, 0.4) is 0 Å². The SMILES string of the molecule is C=C(CN(CCC)CCC)C(=O)OC1CCC(C2CCC(CCCCC)CC2)CC1. The molecule has 0 heterocycles. The molecule has 0 spiro atoms. The van der Waals surface area contributed by atoms with Crippen LogP contribution in [-0.2, 0) is 9.53 Å². The van der Waals surface area contributed by atoms with Crippen LogP contribution in [0.2, 0.25) is 0 Å². The van der Waals surface area contributed by atoms with Gasteiger partial charge in [0.05, 0.1) is 0 Å². The number of esters is 1. The standard InChI is InChI=1S/C27H49NO2/c1-5-8-9-10-23-11-13-24(14-12-23)25-15-17-26(18-16-25)30-27(29)22(4)21-28(19-6-2)20-7-3/h23-26H,4-21H2,1-3H3. The molecule has 2 aliphatic carbocycles. The smallest absolute Gasteiger partial charge is 0.334 e. The molecule has 0 atom stereocenters. The molecule has 0 radical (unpaired) electrons. The Kier molecular flexibility index (Phi) is 12.1. The first-order chi connectivity index (χ1) is 14.6. The normalized spacial score (nSPS) is 27.2. The number of hydrogen-bond donors (Lipinski definition) is 0. The highest BCUT2D eigenvalue weighted by atomic mass is 16.5. The van der Waals surface area contributed by atoms with Crippen molar-refractivity contribution in [1.82, 2.24) is 4.90 Å². The van der Waals surface area contributed by atoms with E-state index in [0.717, 1.165) is 56.5 Å². The summed E-state index contributed by atoms with van der Waals surface area (Å²) in [6.45, 7) is 13.4. The van der Waals surface area contributed by atoms with E-state index in [1.807, 2.05) is 0 Å². The molecule has 0 aromatic rings. The van der Waals surface area contributed by atoms with Gasteiger partial charge < -0.3 is 4.74 Å². The fraction of sp³-hybridized carbons (Fsp3) is 0.889. The molecule has 2 rings (SSSR count). The second-order valence-electron chi connectivity index (χ2n) is 10.1. The molecule has 0 saturated heterocycles. The van der Waals surface area contributed by atoms with E-state index in [2.05, 4.69) is 32.3 Å². The van der Waals surface area contributed by atoms with Crippen molar-refractivity contribution in [3.8, 4) is 0 Å². The molecule has 3 heteroatoms. The highest BCUT2D eigenvalue weighted by Crippen LogP contribution is 2.41. The monoisotopic (exact) mass is 419 g/mol. The minimum atomic E-state index is -0.164. The van der Waals surface area contributed by atoms with Gasteiger partial charge in [-0.3, -0.25) is 4.90 Å².